The van der Waals surface area contributed by atoms with Crippen molar-refractivity contribution in [3.8, 4) is 5.75 Å². The highest BCUT2D eigenvalue weighted by Gasteiger charge is 2.14. The van der Waals surface area contributed by atoms with Crippen molar-refractivity contribution in [3.05, 3.63) is 29.3 Å². The minimum absolute atomic E-state index is 0.141. The molecule has 4 heteroatoms. The highest BCUT2D eigenvalue weighted by Crippen LogP contribution is 2.24. The minimum Gasteiger partial charge on any atom is -0.491 e. The van der Waals surface area contributed by atoms with Gasteiger partial charge in [-0.25, -0.2) is 8.78 Å². The lowest BCUT2D eigenvalue weighted by molar-refractivity contribution is 0.193. The number of ether oxygens (including phenoxy) is 1. The number of halogens is 2. The van der Waals surface area contributed by atoms with Crippen LogP contribution in [-0.2, 0) is 6.42 Å². The molecule has 0 radical (unpaired) electrons. The topological polar surface area (TPSA) is 29.5 Å². The van der Waals surface area contributed by atoms with Crippen LogP contribution in [0.4, 0.5) is 8.78 Å². The quantitative estimate of drug-likeness (QED) is 0.811. The fourth-order valence-corrected chi connectivity index (χ4v) is 1.24. The van der Waals surface area contributed by atoms with Gasteiger partial charge in [-0.3, -0.25) is 0 Å². The van der Waals surface area contributed by atoms with Crippen LogP contribution in [-0.4, -0.2) is 18.3 Å². The summed E-state index contributed by atoms with van der Waals surface area (Å²) in [5.41, 5.74) is 0.248. The Morgan fingerprint density at radius 1 is 1.43 bits per heavy atom. The van der Waals surface area contributed by atoms with E-state index in [0.717, 1.165) is 6.07 Å². The molecule has 0 aliphatic carbocycles. The molecule has 1 aromatic carbocycles. The van der Waals surface area contributed by atoms with E-state index >= 15 is 0 Å². The Morgan fingerprint density at radius 3 is 2.57 bits per heavy atom. The van der Waals surface area contributed by atoms with E-state index in [-0.39, 0.29) is 12.0 Å². The molecule has 0 saturated carbocycles. The molecule has 14 heavy (non-hydrogen) atoms. The van der Waals surface area contributed by atoms with Gasteiger partial charge in [0.15, 0.2) is 17.4 Å². The van der Waals surface area contributed by atoms with Crippen LogP contribution in [0.1, 0.15) is 12.5 Å². The molecule has 2 nitrogen and oxygen atoms in total. The first-order valence-electron chi connectivity index (χ1n) is 4.25. The summed E-state index contributed by atoms with van der Waals surface area (Å²) in [6.07, 6.45) is -0.526. The number of benzene rings is 1. The Morgan fingerprint density at radius 2 is 2.07 bits per heavy atom. The highest BCUT2D eigenvalue weighted by molar-refractivity contribution is 5.33. The first kappa shape index (κ1) is 10.9. The van der Waals surface area contributed by atoms with Crippen LogP contribution >= 0.6 is 0 Å². The third-order valence-corrected chi connectivity index (χ3v) is 1.85. The van der Waals surface area contributed by atoms with E-state index in [4.69, 9.17) is 5.11 Å². The number of aliphatic hydroxyl groups is 1. The number of hydrogen-bond acceptors (Lipinski definition) is 2. The Labute approximate surface area is 81.1 Å². The molecule has 1 rings (SSSR count). The molecule has 0 saturated heterocycles. The van der Waals surface area contributed by atoms with E-state index < -0.39 is 23.5 Å². The van der Waals surface area contributed by atoms with Gasteiger partial charge in [-0.2, -0.15) is 0 Å². The summed E-state index contributed by atoms with van der Waals surface area (Å²) in [7, 11) is 1.20. The van der Waals surface area contributed by atoms with Crippen molar-refractivity contribution in [2.45, 2.75) is 19.4 Å². The number of aliphatic hydroxyl groups excluding tert-OH is 1. The number of methoxy groups -OCH3 is 1. The molecule has 1 atom stereocenters. The molecule has 0 aromatic heterocycles. The van der Waals surface area contributed by atoms with Gasteiger partial charge in [-0.05, 0) is 18.6 Å². The maximum absolute atomic E-state index is 13.4. The lowest BCUT2D eigenvalue weighted by Gasteiger charge is -2.09. The molecule has 1 unspecified atom stereocenters. The van der Waals surface area contributed by atoms with Crippen molar-refractivity contribution in [2.24, 2.45) is 0 Å². The summed E-state index contributed by atoms with van der Waals surface area (Å²) >= 11 is 0. The van der Waals surface area contributed by atoms with E-state index in [1.165, 1.54) is 20.1 Å². The molecular weight excluding hydrogens is 190 g/mol. The molecule has 0 aliphatic rings. The van der Waals surface area contributed by atoms with Gasteiger partial charge in [0.2, 0.25) is 0 Å². The predicted molar refractivity (Wildman–Crippen MR) is 48.3 cm³/mol. The highest BCUT2D eigenvalue weighted by atomic mass is 19.1. The number of hydrogen-bond donors (Lipinski definition) is 1. The van der Waals surface area contributed by atoms with Gasteiger partial charge >= 0.3 is 0 Å². The zero-order chi connectivity index (χ0) is 10.7. The van der Waals surface area contributed by atoms with Gasteiger partial charge in [0.05, 0.1) is 13.2 Å². The normalized spacial score (nSPS) is 12.6. The van der Waals surface area contributed by atoms with Gasteiger partial charge in [0, 0.05) is 6.42 Å². The van der Waals surface area contributed by atoms with Crippen LogP contribution in [0.3, 0.4) is 0 Å². The van der Waals surface area contributed by atoms with E-state index in [0.29, 0.717) is 0 Å². The van der Waals surface area contributed by atoms with E-state index in [1.54, 1.807) is 0 Å². The van der Waals surface area contributed by atoms with E-state index in [2.05, 4.69) is 4.74 Å². The second-order valence-corrected chi connectivity index (χ2v) is 3.11. The maximum Gasteiger partial charge on any atom is 0.190 e. The van der Waals surface area contributed by atoms with Crippen LogP contribution < -0.4 is 4.74 Å². The summed E-state index contributed by atoms with van der Waals surface area (Å²) in [6.45, 7) is 1.54. The molecular formula is C10H12F2O2. The molecule has 0 spiro atoms. The average molecular weight is 202 g/mol. The Hall–Kier alpha value is -1.16. The van der Waals surface area contributed by atoms with Gasteiger partial charge in [-0.15, -0.1) is 0 Å². The zero-order valence-electron chi connectivity index (χ0n) is 8.05. The summed E-state index contributed by atoms with van der Waals surface area (Å²) in [4.78, 5) is 0. The van der Waals surface area contributed by atoms with Gasteiger partial charge in [0.1, 0.15) is 0 Å². The Bertz CT molecular complexity index is 324. The van der Waals surface area contributed by atoms with E-state index in [1.807, 2.05) is 0 Å². The van der Waals surface area contributed by atoms with Crippen molar-refractivity contribution >= 4 is 0 Å². The fraction of sp³-hybridized carbons (Fsp3) is 0.400. The molecule has 78 valence electrons. The van der Waals surface area contributed by atoms with Crippen LogP contribution in [0.15, 0.2) is 12.1 Å². The van der Waals surface area contributed by atoms with Gasteiger partial charge in [-0.1, -0.05) is 6.07 Å². The summed E-state index contributed by atoms with van der Waals surface area (Å²) in [6, 6.07) is 2.43. The Balaban J connectivity index is 3.08. The smallest absolute Gasteiger partial charge is 0.190 e. The van der Waals surface area contributed by atoms with Crippen LogP contribution in [0.2, 0.25) is 0 Å². The molecule has 0 heterocycles. The van der Waals surface area contributed by atoms with Crippen LogP contribution in [0, 0.1) is 11.6 Å². The van der Waals surface area contributed by atoms with Crippen molar-refractivity contribution in [1.29, 1.82) is 0 Å². The third kappa shape index (κ3) is 2.20. The second-order valence-electron chi connectivity index (χ2n) is 3.11. The fourth-order valence-electron chi connectivity index (χ4n) is 1.24. The van der Waals surface area contributed by atoms with Crippen molar-refractivity contribution < 1.29 is 18.6 Å². The summed E-state index contributed by atoms with van der Waals surface area (Å²) in [5.74, 6) is -1.88. The summed E-state index contributed by atoms with van der Waals surface area (Å²) < 4.78 is 30.9. The van der Waals surface area contributed by atoms with Crippen molar-refractivity contribution in [2.75, 3.05) is 7.11 Å². The Kier molecular flexibility index (Phi) is 3.41. The standard InChI is InChI=1S/C10H12F2O2/c1-6(13)5-7-3-4-8(11)10(14-2)9(7)12/h3-4,6,13H,5H2,1-2H3. The largest absolute Gasteiger partial charge is 0.491 e. The second kappa shape index (κ2) is 4.37. The first-order valence-corrected chi connectivity index (χ1v) is 4.25. The molecule has 0 fully saturated rings. The van der Waals surface area contributed by atoms with Crippen molar-refractivity contribution in [3.63, 3.8) is 0 Å². The third-order valence-electron chi connectivity index (χ3n) is 1.85. The minimum atomic E-state index is -0.742. The lowest BCUT2D eigenvalue weighted by Crippen LogP contribution is -2.07. The zero-order valence-corrected chi connectivity index (χ0v) is 8.05. The SMILES string of the molecule is COc1c(F)ccc(CC(C)O)c1F. The monoisotopic (exact) mass is 202 g/mol. The van der Waals surface area contributed by atoms with Gasteiger partial charge < -0.3 is 9.84 Å². The molecule has 1 N–H and O–H groups in total. The van der Waals surface area contributed by atoms with Gasteiger partial charge in [0.25, 0.3) is 0 Å². The van der Waals surface area contributed by atoms with Crippen LogP contribution in [0.5, 0.6) is 5.75 Å². The van der Waals surface area contributed by atoms with Crippen molar-refractivity contribution in [1.82, 2.24) is 0 Å². The van der Waals surface area contributed by atoms with Crippen LogP contribution in [0.25, 0.3) is 0 Å². The molecule has 0 aliphatic heterocycles. The first-order chi connectivity index (χ1) is 6.56. The van der Waals surface area contributed by atoms with E-state index in [9.17, 15) is 8.78 Å². The maximum atomic E-state index is 13.4. The summed E-state index contributed by atoms with van der Waals surface area (Å²) in [5, 5.41) is 9.06. The predicted octanol–water partition coefficient (Wildman–Crippen LogP) is 1.90. The average Bonchev–Trinajstić information content (AvgIpc) is 2.10. The lowest BCUT2D eigenvalue weighted by atomic mass is 10.1. The number of rotatable bonds is 3. The molecule has 1 aromatic rings. The molecule has 0 bridgehead atoms. The molecule has 0 amide bonds.